The van der Waals surface area contributed by atoms with Crippen molar-refractivity contribution in [1.82, 2.24) is 10.2 Å². The molecule has 1 aromatic rings. The minimum Gasteiger partial charge on any atom is -0.370 e. The summed E-state index contributed by atoms with van der Waals surface area (Å²) in [6.07, 6.45) is 4.49. The molecule has 2 unspecified atom stereocenters. The molecule has 1 heterocycles. The van der Waals surface area contributed by atoms with Gasteiger partial charge in [-0.3, -0.25) is 9.69 Å². The summed E-state index contributed by atoms with van der Waals surface area (Å²) in [6, 6.07) is 10.6. The molecule has 1 fully saturated rings. The van der Waals surface area contributed by atoms with Crippen molar-refractivity contribution in [2.24, 2.45) is 0 Å². The number of hydrogen-bond acceptors (Lipinski definition) is 3. The quantitative estimate of drug-likeness (QED) is 0.840. The summed E-state index contributed by atoms with van der Waals surface area (Å²) in [6.45, 7) is 7.10. The molecule has 1 saturated heterocycles. The maximum atomic E-state index is 12.6. The molecule has 1 amide bonds. The van der Waals surface area contributed by atoms with Gasteiger partial charge in [0.15, 0.2) is 0 Å². The summed E-state index contributed by atoms with van der Waals surface area (Å²) in [5.74, 6) is 0.200. The predicted octanol–water partition coefficient (Wildman–Crippen LogP) is 2.89. The van der Waals surface area contributed by atoms with Crippen molar-refractivity contribution in [2.45, 2.75) is 51.6 Å². The maximum Gasteiger partial charge on any atom is 0.237 e. The number of nitrogens with one attached hydrogen (secondary N) is 1. The van der Waals surface area contributed by atoms with E-state index in [0.717, 1.165) is 32.4 Å². The van der Waals surface area contributed by atoms with Gasteiger partial charge in [-0.25, -0.2) is 0 Å². The van der Waals surface area contributed by atoms with Gasteiger partial charge in [0.1, 0.15) is 0 Å². The van der Waals surface area contributed by atoms with Crippen LogP contribution in [0, 0.1) is 0 Å². The summed E-state index contributed by atoms with van der Waals surface area (Å²) < 4.78 is 0. The lowest BCUT2D eigenvalue weighted by molar-refractivity contribution is -0.127. The number of carbonyl (C=O) groups is 1. The van der Waals surface area contributed by atoms with Crippen LogP contribution in [0.3, 0.4) is 0 Å². The highest BCUT2D eigenvalue weighted by atomic mass is 16.2. The van der Waals surface area contributed by atoms with Gasteiger partial charge in [0.05, 0.1) is 6.04 Å². The van der Waals surface area contributed by atoms with Crippen LogP contribution >= 0.6 is 0 Å². The van der Waals surface area contributed by atoms with Gasteiger partial charge in [-0.1, -0.05) is 31.5 Å². The van der Waals surface area contributed by atoms with Crippen LogP contribution in [0.1, 0.15) is 39.5 Å². The normalized spacial score (nSPS) is 20.0. The molecule has 0 radical (unpaired) electrons. The lowest BCUT2D eigenvalue weighted by Gasteiger charge is -2.35. The Morgan fingerprint density at radius 1 is 1.35 bits per heavy atom. The first-order valence-corrected chi connectivity index (χ1v) is 8.93. The molecule has 2 atom stereocenters. The fraction of sp³-hybridized carbons (Fsp3) is 0.632. The van der Waals surface area contributed by atoms with Gasteiger partial charge in [-0.2, -0.15) is 0 Å². The van der Waals surface area contributed by atoms with Crippen molar-refractivity contribution in [3.63, 3.8) is 0 Å². The number of amides is 1. The second-order valence-electron chi connectivity index (χ2n) is 6.59. The van der Waals surface area contributed by atoms with Gasteiger partial charge >= 0.3 is 0 Å². The zero-order valence-corrected chi connectivity index (χ0v) is 14.8. The highest BCUT2D eigenvalue weighted by Gasteiger charge is 2.28. The van der Waals surface area contributed by atoms with Gasteiger partial charge in [0.2, 0.25) is 5.91 Å². The van der Waals surface area contributed by atoms with E-state index in [9.17, 15) is 4.79 Å². The number of hydrogen-bond donors (Lipinski definition) is 1. The topological polar surface area (TPSA) is 35.6 Å². The average Bonchev–Trinajstić information content (AvgIpc) is 2.60. The SMILES string of the molecule is CCCN1CCCCC1C(=O)NCC(C)N(C)c1ccccc1. The van der Waals surface area contributed by atoms with Crippen LogP contribution in [0.15, 0.2) is 30.3 Å². The first kappa shape index (κ1) is 17.8. The van der Waals surface area contributed by atoms with E-state index >= 15 is 0 Å². The minimum absolute atomic E-state index is 0.0675. The second kappa shape index (κ2) is 8.92. The molecule has 1 aliphatic rings. The van der Waals surface area contributed by atoms with Crippen LogP contribution in [-0.2, 0) is 4.79 Å². The Labute approximate surface area is 140 Å². The monoisotopic (exact) mass is 317 g/mol. The zero-order valence-electron chi connectivity index (χ0n) is 14.8. The maximum absolute atomic E-state index is 12.6. The van der Waals surface area contributed by atoms with Crippen LogP contribution in [0.4, 0.5) is 5.69 Å². The molecular weight excluding hydrogens is 286 g/mol. The number of piperidine rings is 1. The van der Waals surface area contributed by atoms with Gasteiger partial charge in [0, 0.05) is 25.3 Å². The number of carbonyl (C=O) groups excluding carboxylic acids is 1. The summed E-state index contributed by atoms with van der Waals surface area (Å²) in [5, 5.41) is 3.17. The fourth-order valence-corrected chi connectivity index (χ4v) is 3.26. The summed E-state index contributed by atoms with van der Waals surface area (Å²) >= 11 is 0. The van der Waals surface area contributed by atoms with Gasteiger partial charge in [-0.15, -0.1) is 0 Å². The van der Waals surface area contributed by atoms with Crippen LogP contribution in [0.25, 0.3) is 0 Å². The highest BCUT2D eigenvalue weighted by Crippen LogP contribution is 2.18. The van der Waals surface area contributed by atoms with E-state index < -0.39 is 0 Å². The number of nitrogens with zero attached hydrogens (tertiary/aromatic N) is 2. The van der Waals surface area contributed by atoms with E-state index in [1.54, 1.807) is 0 Å². The molecule has 128 valence electrons. The van der Waals surface area contributed by atoms with E-state index in [4.69, 9.17) is 0 Å². The van der Waals surface area contributed by atoms with Gasteiger partial charge < -0.3 is 10.2 Å². The Hall–Kier alpha value is -1.55. The molecule has 4 heteroatoms. The Bertz CT molecular complexity index is 475. The van der Waals surface area contributed by atoms with Crippen LogP contribution in [0.2, 0.25) is 0 Å². The van der Waals surface area contributed by atoms with Gasteiger partial charge in [-0.05, 0) is 51.4 Å². The minimum atomic E-state index is 0.0675. The third-order valence-corrected chi connectivity index (χ3v) is 4.82. The first-order chi connectivity index (χ1) is 11.1. The van der Waals surface area contributed by atoms with E-state index in [2.05, 4.69) is 48.1 Å². The van der Waals surface area contributed by atoms with E-state index in [1.165, 1.54) is 12.1 Å². The summed E-state index contributed by atoms with van der Waals surface area (Å²) in [4.78, 5) is 17.1. The molecule has 0 spiro atoms. The molecule has 23 heavy (non-hydrogen) atoms. The molecule has 2 rings (SSSR count). The molecule has 1 aliphatic heterocycles. The number of anilines is 1. The fourth-order valence-electron chi connectivity index (χ4n) is 3.26. The van der Waals surface area contributed by atoms with E-state index in [-0.39, 0.29) is 18.0 Å². The van der Waals surface area contributed by atoms with Crippen molar-refractivity contribution in [3.05, 3.63) is 30.3 Å². The third-order valence-electron chi connectivity index (χ3n) is 4.82. The van der Waals surface area contributed by atoms with Crippen LogP contribution in [-0.4, -0.2) is 49.6 Å². The number of likely N-dealkylation sites (tertiary alicyclic amines) is 1. The average molecular weight is 317 g/mol. The molecule has 1 aromatic carbocycles. The second-order valence-corrected chi connectivity index (χ2v) is 6.59. The zero-order chi connectivity index (χ0) is 16.7. The summed E-state index contributed by atoms with van der Waals surface area (Å²) in [5.41, 5.74) is 1.18. The lowest BCUT2D eigenvalue weighted by atomic mass is 10.0. The molecule has 0 aromatic heterocycles. The predicted molar refractivity (Wildman–Crippen MR) is 96.8 cm³/mol. The number of para-hydroxylation sites is 1. The standard InChI is InChI=1S/C19H31N3O/c1-4-13-22-14-9-8-12-18(22)19(23)20-15-16(2)21(3)17-10-6-5-7-11-17/h5-7,10-11,16,18H,4,8-9,12-15H2,1-3H3,(H,20,23). The smallest absolute Gasteiger partial charge is 0.237 e. The largest absolute Gasteiger partial charge is 0.370 e. The third kappa shape index (κ3) is 4.96. The number of likely N-dealkylation sites (N-methyl/N-ethyl adjacent to an activating group) is 1. The first-order valence-electron chi connectivity index (χ1n) is 8.93. The molecule has 0 aliphatic carbocycles. The molecule has 0 saturated carbocycles. The van der Waals surface area contributed by atoms with Crippen LogP contribution < -0.4 is 10.2 Å². The number of rotatable bonds is 7. The Morgan fingerprint density at radius 3 is 2.78 bits per heavy atom. The van der Waals surface area contributed by atoms with Crippen molar-refractivity contribution in [1.29, 1.82) is 0 Å². The molecule has 4 nitrogen and oxygen atoms in total. The van der Waals surface area contributed by atoms with Gasteiger partial charge in [0.25, 0.3) is 0 Å². The van der Waals surface area contributed by atoms with E-state index in [0.29, 0.717) is 6.54 Å². The van der Waals surface area contributed by atoms with Crippen molar-refractivity contribution < 1.29 is 4.79 Å². The summed E-state index contributed by atoms with van der Waals surface area (Å²) in [7, 11) is 2.08. The lowest BCUT2D eigenvalue weighted by Crippen LogP contribution is -2.51. The van der Waals surface area contributed by atoms with Crippen molar-refractivity contribution >= 4 is 11.6 Å². The highest BCUT2D eigenvalue weighted by molar-refractivity contribution is 5.81. The van der Waals surface area contributed by atoms with Crippen molar-refractivity contribution in [2.75, 3.05) is 31.6 Å². The molecule has 1 N–H and O–H groups in total. The molecule has 0 bridgehead atoms. The number of benzene rings is 1. The molecular formula is C19H31N3O. The van der Waals surface area contributed by atoms with Crippen LogP contribution in [0.5, 0.6) is 0 Å². The Kier molecular flexibility index (Phi) is 6.90. The Morgan fingerprint density at radius 2 is 2.09 bits per heavy atom. The van der Waals surface area contributed by atoms with E-state index in [1.807, 2.05) is 18.2 Å². The Balaban J connectivity index is 1.85. The van der Waals surface area contributed by atoms with Crippen molar-refractivity contribution in [3.8, 4) is 0 Å².